The van der Waals surface area contributed by atoms with Crippen LogP contribution in [0.2, 0.25) is 0 Å². The fourth-order valence-corrected chi connectivity index (χ4v) is 2.66. The highest BCUT2D eigenvalue weighted by atomic mass is 32.2. The molecule has 64 valence electrons. The van der Waals surface area contributed by atoms with Crippen LogP contribution in [0.25, 0.3) is 0 Å². The molecular formula is C7H8N2S3. The van der Waals surface area contributed by atoms with E-state index in [9.17, 15) is 0 Å². The Kier molecular flexibility index (Phi) is 4.06. The molecular weight excluding hydrogens is 208 g/mol. The molecule has 0 spiro atoms. The van der Waals surface area contributed by atoms with E-state index in [2.05, 4.69) is 51.7 Å². The van der Waals surface area contributed by atoms with Gasteiger partial charge >= 0.3 is 0 Å². The van der Waals surface area contributed by atoms with E-state index >= 15 is 0 Å². The van der Waals surface area contributed by atoms with Crippen molar-refractivity contribution in [3.05, 3.63) is 0 Å². The highest BCUT2D eigenvalue weighted by molar-refractivity contribution is 8.00. The quantitative estimate of drug-likeness (QED) is 0.522. The van der Waals surface area contributed by atoms with Crippen molar-refractivity contribution < 1.29 is 0 Å². The number of thiocarbonyl (C=S) groups is 2. The summed E-state index contributed by atoms with van der Waals surface area (Å²) in [5, 5.41) is 5.25. The standard InChI is InChI=1S/C7H8N2S3/c1-5-7(9-4-11)6(2-12-5)8-3-10/h5-7H,2H2,1H3. The first-order valence-electron chi connectivity index (χ1n) is 3.55. The number of hydrogen-bond donors (Lipinski definition) is 0. The number of nitrogens with zero attached hydrogens (tertiary/aromatic N) is 2. The van der Waals surface area contributed by atoms with Crippen LogP contribution >= 0.6 is 36.2 Å². The SMILES string of the molecule is CC1SCC(N=C=S)C1N=C=S. The molecule has 0 radical (unpaired) electrons. The van der Waals surface area contributed by atoms with Gasteiger partial charge in [-0.1, -0.05) is 6.92 Å². The molecule has 1 aliphatic heterocycles. The Morgan fingerprint density at radius 2 is 2.00 bits per heavy atom. The van der Waals surface area contributed by atoms with Gasteiger partial charge in [0.15, 0.2) is 0 Å². The van der Waals surface area contributed by atoms with Gasteiger partial charge in [-0.05, 0) is 24.4 Å². The van der Waals surface area contributed by atoms with Crippen LogP contribution in [-0.2, 0) is 0 Å². The summed E-state index contributed by atoms with van der Waals surface area (Å²) in [7, 11) is 0. The average molecular weight is 216 g/mol. The molecule has 0 N–H and O–H groups in total. The Labute approximate surface area is 86.6 Å². The van der Waals surface area contributed by atoms with Crippen molar-refractivity contribution in [1.29, 1.82) is 0 Å². The number of isothiocyanates is 2. The van der Waals surface area contributed by atoms with Crippen molar-refractivity contribution in [3.8, 4) is 0 Å². The van der Waals surface area contributed by atoms with Crippen LogP contribution in [0.3, 0.4) is 0 Å². The van der Waals surface area contributed by atoms with Crippen molar-refractivity contribution in [2.75, 3.05) is 5.75 Å². The average Bonchev–Trinajstić information content (AvgIpc) is 2.37. The number of thioether (sulfide) groups is 1. The second-order valence-corrected chi connectivity index (χ2v) is 4.31. The van der Waals surface area contributed by atoms with E-state index in [4.69, 9.17) is 0 Å². The molecule has 0 amide bonds. The van der Waals surface area contributed by atoms with Gasteiger partial charge in [-0.25, -0.2) is 9.98 Å². The molecule has 0 aromatic heterocycles. The molecule has 1 aliphatic rings. The minimum atomic E-state index is 0.142. The first kappa shape index (κ1) is 10.0. The maximum Gasteiger partial charge on any atom is 0.0957 e. The van der Waals surface area contributed by atoms with E-state index < -0.39 is 0 Å². The molecule has 12 heavy (non-hydrogen) atoms. The third-order valence-electron chi connectivity index (χ3n) is 1.83. The van der Waals surface area contributed by atoms with Gasteiger partial charge in [0.2, 0.25) is 0 Å². The minimum absolute atomic E-state index is 0.142. The van der Waals surface area contributed by atoms with Crippen LogP contribution in [0, 0.1) is 0 Å². The number of aliphatic imine (C=N–C) groups is 2. The van der Waals surface area contributed by atoms with Crippen LogP contribution in [0.5, 0.6) is 0 Å². The van der Waals surface area contributed by atoms with Crippen molar-refractivity contribution in [1.82, 2.24) is 0 Å². The lowest BCUT2D eigenvalue weighted by atomic mass is 10.1. The van der Waals surface area contributed by atoms with Gasteiger partial charge in [-0.3, -0.25) is 0 Å². The Bertz CT molecular complexity index is 253. The third-order valence-corrected chi connectivity index (χ3v) is 3.37. The summed E-state index contributed by atoms with van der Waals surface area (Å²) in [6.07, 6.45) is 0. The zero-order chi connectivity index (χ0) is 8.97. The van der Waals surface area contributed by atoms with Gasteiger partial charge in [0.1, 0.15) is 0 Å². The Hall–Kier alpha value is -0.0500. The van der Waals surface area contributed by atoms with Gasteiger partial charge in [0.25, 0.3) is 0 Å². The first-order valence-corrected chi connectivity index (χ1v) is 5.41. The van der Waals surface area contributed by atoms with Gasteiger partial charge in [0.05, 0.1) is 22.4 Å². The summed E-state index contributed by atoms with van der Waals surface area (Å²) in [5.74, 6) is 0.954. The maximum absolute atomic E-state index is 4.56. The third kappa shape index (κ3) is 2.22. The molecule has 0 aromatic rings. The summed E-state index contributed by atoms with van der Waals surface area (Å²) >= 11 is 10.9. The Morgan fingerprint density at radius 3 is 2.58 bits per heavy atom. The predicted molar refractivity (Wildman–Crippen MR) is 59.5 cm³/mol. The van der Waals surface area contributed by atoms with Crippen LogP contribution in [0.4, 0.5) is 0 Å². The first-order chi connectivity index (χ1) is 5.79. The van der Waals surface area contributed by atoms with Gasteiger partial charge in [-0.2, -0.15) is 11.8 Å². The Morgan fingerprint density at radius 1 is 1.33 bits per heavy atom. The Balaban J connectivity index is 2.76. The second-order valence-electron chi connectivity index (χ2n) is 2.54. The van der Waals surface area contributed by atoms with Crippen LogP contribution < -0.4 is 0 Å². The second kappa shape index (κ2) is 4.85. The monoisotopic (exact) mass is 216 g/mol. The fraction of sp³-hybridized carbons (Fsp3) is 0.714. The summed E-state index contributed by atoms with van der Waals surface area (Å²) < 4.78 is 0. The molecule has 5 heteroatoms. The smallest absolute Gasteiger partial charge is 0.0957 e. The van der Waals surface area contributed by atoms with Crippen molar-refractivity contribution in [2.45, 2.75) is 24.3 Å². The lowest BCUT2D eigenvalue weighted by Crippen LogP contribution is -2.24. The molecule has 0 aromatic carbocycles. The van der Waals surface area contributed by atoms with Crippen LogP contribution in [0.15, 0.2) is 9.98 Å². The number of hydrogen-bond acceptors (Lipinski definition) is 5. The topological polar surface area (TPSA) is 24.7 Å². The molecule has 0 saturated carbocycles. The molecule has 0 aliphatic carbocycles. The van der Waals surface area contributed by atoms with Crippen molar-refractivity contribution in [2.24, 2.45) is 9.98 Å². The molecule has 1 saturated heterocycles. The van der Waals surface area contributed by atoms with E-state index in [1.165, 1.54) is 0 Å². The van der Waals surface area contributed by atoms with Gasteiger partial charge in [0, 0.05) is 11.0 Å². The summed E-state index contributed by atoms with van der Waals surface area (Å²) in [6.45, 7) is 2.12. The van der Waals surface area contributed by atoms with Crippen LogP contribution in [0.1, 0.15) is 6.92 Å². The van der Waals surface area contributed by atoms with Gasteiger partial charge < -0.3 is 0 Å². The summed E-state index contributed by atoms with van der Waals surface area (Å²) in [6, 6.07) is 0.292. The molecule has 3 unspecified atom stereocenters. The molecule has 0 bridgehead atoms. The highest BCUT2D eigenvalue weighted by Crippen LogP contribution is 2.30. The zero-order valence-corrected chi connectivity index (χ0v) is 9.01. The van der Waals surface area contributed by atoms with Gasteiger partial charge in [-0.15, -0.1) is 0 Å². The molecule has 2 nitrogen and oxygen atoms in total. The van der Waals surface area contributed by atoms with Crippen molar-refractivity contribution in [3.63, 3.8) is 0 Å². The molecule has 1 fully saturated rings. The molecule has 3 atom stereocenters. The lowest BCUT2D eigenvalue weighted by Gasteiger charge is -2.10. The summed E-state index contributed by atoms with van der Waals surface area (Å²) in [4.78, 5) is 8.11. The largest absolute Gasteiger partial charge is 0.226 e. The van der Waals surface area contributed by atoms with E-state index in [0.717, 1.165) is 5.75 Å². The normalized spacial score (nSPS) is 33.6. The van der Waals surface area contributed by atoms with Crippen molar-refractivity contribution >= 4 is 46.5 Å². The van der Waals surface area contributed by atoms with E-state index in [1.54, 1.807) is 0 Å². The number of rotatable bonds is 2. The molecule has 1 rings (SSSR count). The summed E-state index contributed by atoms with van der Waals surface area (Å²) in [5.41, 5.74) is 0. The minimum Gasteiger partial charge on any atom is -0.226 e. The van der Waals surface area contributed by atoms with E-state index in [1.807, 2.05) is 11.8 Å². The predicted octanol–water partition coefficient (Wildman–Crippen LogP) is 2.06. The highest BCUT2D eigenvalue weighted by Gasteiger charge is 2.33. The fourth-order valence-electron chi connectivity index (χ4n) is 1.19. The van der Waals surface area contributed by atoms with E-state index in [0.29, 0.717) is 5.25 Å². The lowest BCUT2D eigenvalue weighted by molar-refractivity contribution is 0.599. The van der Waals surface area contributed by atoms with E-state index in [-0.39, 0.29) is 12.1 Å². The van der Waals surface area contributed by atoms with Crippen LogP contribution in [-0.4, -0.2) is 33.4 Å². The maximum atomic E-state index is 4.56. The molecule has 1 heterocycles. The zero-order valence-electron chi connectivity index (χ0n) is 6.56.